The van der Waals surface area contributed by atoms with Gasteiger partial charge in [0.15, 0.2) is 36.3 Å². The van der Waals surface area contributed by atoms with E-state index in [4.69, 9.17) is 53.1 Å². The highest BCUT2D eigenvalue weighted by Crippen LogP contribution is 2.70. The Morgan fingerprint density at radius 3 is 2.15 bits per heavy atom. The molecule has 5 aliphatic carbocycles. The smallest absolute Gasteiger partial charge is 0.429 e. The zero-order chi connectivity index (χ0) is 84.0. The van der Waals surface area contributed by atoms with Crippen molar-refractivity contribution in [3.8, 4) is 0 Å². The molecule has 33 heteroatoms. The number of allylic oxidation sites excluding steroid dienone is 4. The van der Waals surface area contributed by atoms with Crippen LogP contribution in [0.15, 0.2) is 60.2 Å². The number of benzene rings is 1. The normalized spacial score (nSPS) is 27.9. The number of fused-ring (bicyclic) bond motifs is 8. The van der Waals surface area contributed by atoms with E-state index < -0.39 is 133 Å². The molecule has 117 heavy (non-hydrogen) atoms. The summed E-state index contributed by atoms with van der Waals surface area (Å²) in [5, 5.41) is 51.3. The van der Waals surface area contributed by atoms with Crippen LogP contribution >= 0.6 is 0 Å². The van der Waals surface area contributed by atoms with Gasteiger partial charge in [-0.25, -0.2) is 14.3 Å². The summed E-state index contributed by atoms with van der Waals surface area (Å²) in [7, 11) is 0. The van der Waals surface area contributed by atoms with Crippen LogP contribution in [0.3, 0.4) is 0 Å². The van der Waals surface area contributed by atoms with Gasteiger partial charge in [-0.15, -0.1) is 5.10 Å². The van der Waals surface area contributed by atoms with Gasteiger partial charge in [-0.05, 0) is 137 Å². The van der Waals surface area contributed by atoms with Crippen molar-refractivity contribution in [3.05, 3.63) is 77.2 Å². The second-order valence-electron chi connectivity index (χ2n) is 33.0. The molecule has 3 unspecified atom stereocenters. The molecule has 3 saturated carbocycles. The third-order valence-corrected chi connectivity index (χ3v) is 24.9. The highest BCUT2D eigenvalue weighted by molar-refractivity contribution is 6.13. The van der Waals surface area contributed by atoms with Gasteiger partial charge in [0, 0.05) is 78.8 Å². The zero-order valence-electron chi connectivity index (χ0n) is 68.4. The largest absolute Gasteiger partial charge is 0.509 e. The molecule has 2 aromatic rings. The molecule has 2 saturated heterocycles. The Hall–Kier alpha value is -8.09. The number of hydrogen-bond acceptors (Lipinski definition) is 26. The summed E-state index contributed by atoms with van der Waals surface area (Å²) in [4.78, 5) is 147. The summed E-state index contributed by atoms with van der Waals surface area (Å²) in [6, 6.07) is 4.56. The van der Waals surface area contributed by atoms with E-state index in [2.05, 4.69) is 51.5 Å². The monoisotopic (exact) mass is 1640 g/mol. The fraction of sp³-hybridized carbons (Fsp3) is 0.702. The van der Waals surface area contributed by atoms with Crippen LogP contribution in [-0.2, 0) is 104 Å². The first-order valence-electron chi connectivity index (χ1n) is 41.9. The molecule has 4 heterocycles. The van der Waals surface area contributed by atoms with Crippen LogP contribution in [0, 0.1) is 52.3 Å². The number of imide groups is 1. The van der Waals surface area contributed by atoms with Crippen LogP contribution in [0.2, 0.25) is 0 Å². The first kappa shape index (κ1) is 91.2. The number of hydrogen-bond donors (Lipinski definition) is 8. The lowest BCUT2D eigenvalue weighted by atomic mass is 9.47. The Labute approximate surface area is 682 Å². The minimum absolute atomic E-state index is 0.0154. The van der Waals surface area contributed by atoms with Crippen LogP contribution in [0.25, 0.3) is 0 Å². The van der Waals surface area contributed by atoms with E-state index >= 15 is 0 Å². The van der Waals surface area contributed by atoms with Crippen molar-refractivity contribution in [1.29, 1.82) is 0 Å². The Kier molecular flexibility index (Phi) is 33.7. The number of aliphatic hydroxyl groups excluding tert-OH is 3. The number of Topliss-reactive ketones (excluding diaryl/α,β-unsaturated/α-hetero) is 3. The summed E-state index contributed by atoms with van der Waals surface area (Å²) in [5.41, 5.74) is 6.43. The lowest BCUT2D eigenvalue weighted by molar-refractivity contribution is -0.231. The van der Waals surface area contributed by atoms with Crippen LogP contribution in [0.4, 0.5) is 15.3 Å². The molecule has 33 nitrogen and oxygen atoms in total. The van der Waals surface area contributed by atoms with Gasteiger partial charge in [0.1, 0.15) is 43.0 Å². The third-order valence-electron chi connectivity index (χ3n) is 24.9. The van der Waals surface area contributed by atoms with E-state index in [-0.39, 0.29) is 177 Å². The molecule has 1 aromatic heterocycles. The maximum Gasteiger partial charge on any atom is 0.509 e. The van der Waals surface area contributed by atoms with Gasteiger partial charge in [-0.2, -0.15) is 0 Å². The number of aliphatic hydroxyl groups is 3. The first-order valence-corrected chi connectivity index (χ1v) is 41.9. The number of carbonyl (C=O) groups excluding carboxylic acids is 11. The number of anilines is 1. The van der Waals surface area contributed by atoms with E-state index in [1.54, 1.807) is 61.9 Å². The van der Waals surface area contributed by atoms with Crippen molar-refractivity contribution in [2.75, 3.05) is 97.6 Å². The quantitative estimate of drug-likeness (QED) is 0.0209. The minimum atomic E-state index is -1.34. The topological polar surface area (TPSA) is 449 Å². The van der Waals surface area contributed by atoms with Gasteiger partial charge < -0.3 is 89.7 Å². The predicted octanol–water partition coefficient (Wildman–Crippen LogP) is 6.17. The molecule has 0 bridgehead atoms. The maximum atomic E-state index is 14.8. The van der Waals surface area contributed by atoms with Crippen molar-refractivity contribution in [2.24, 2.45) is 58.0 Å². The summed E-state index contributed by atoms with van der Waals surface area (Å²) in [6.45, 7) is 12.0. The maximum absolute atomic E-state index is 14.8. The fourth-order valence-corrected chi connectivity index (χ4v) is 18.4. The van der Waals surface area contributed by atoms with Gasteiger partial charge in [0.2, 0.25) is 23.5 Å². The highest BCUT2D eigenvalue weighted by atomic mass is 16.8. The van der Waals surface area contributed by atoms with Crippen LogP contribution in [0.5, 0.6) is 0 Å². The van der Waals surface area contributed by atoms with Gasteiger partial charge in [-0.3, -0.25) is 48.1 Å². The number of primary amides is 1. The van der Waals surface area contributed by atoms with Crippen molar-refractivity contribution in [2.45, 2.75) is 231 Å². The Morgan fingerprint density at radius 2 is 1.44 bits per heavy atom. The van der Waals surface area contributed by atoms with Gasteiger partial charge in [0.25, 0.3) is 11.8 Å². The average molecular weight is 1640 g/mol. The molecular formula is C84H121N9O24. The van der Waals surface area contributed by atoms with Gasteiger partial charge >= 0.3 is 12.2 Å². The molecule has 8 aliphatic rings. The lowest BCUT2D eigenvalue weighted by Crippen LogP contribution is -2.60. The molecule has 17 atom stereocenters. The highest BCUT2D eigenvalue weighted by Gasteiger charge is 2.75. The first-order chi connectivity index (χ1) is 56.2. The zero-order valence-corrected chi connectivity index (χ0v) is 68.4. The van der Waals surface area contributed by atoms with E-state index in [1.807, 2.05) is 6.92 Å². The standard InChI is InChI=1S/C84H121N9O24/c1-7-14-72-116-68-46-62-60-24-21-56-45-58(95)27-30-82(56,5)61(60)28-31-83(62,6)84(68,117-72)67(98)49-114-81(107)113-48-53-19-22-57(23-20-53)88-77(104)55(16-13-33-87-80(85)106)44-64(97)73(51(2)3)89-78(105)54(43-59(96)29-35-108-37-39-110-41-42-111-40-38-109-36-34-92-70(100)25-26-71(92)101)15-11-12-32-86-69(99)50-112-65-18-10-8-9-17-63-74(65)90-91-93(63)79-52(4)75(102)76(103)66(47-94)115-79/h19-20,22-23,25-27,30,45,51-52,54-55,60-62,65-66,68,72-73,75-76,79,94,102-103H,7-18,21,24,28-29,31-44,46-50H2,1-6H3,(H,86,99)(H,88,104)(H,89,105)(H3,85,87,106)/t52-,54+,55-,60-,61+,62+,65?,66-,68-,72?,73+,75-,76+,79?,82+,83+,84-/m1/s1. The lowest BCUT2D eigenvalue weighted by Gasteiger charge is -2.58. The summed E-state index contributed by atoms with van der Waals surface area (Å²) in [6.07, 6.45) is 10.4. The number of ether oxygens (including phenoxy) is 10. The van der Waals surface area contributed by atoms with E-state index in [0.29, 0.717) is 67.6 Å². The molecule has 1 aromatic carbocycles. The van der Waals surface area contributed by atoms with Crippen molar-refractivity contribution < 1.29 is 115 Å². The fourth-order valence-electron chi connectivity index (χ4n) is 18.4. The van der Waals surface area contributed by atoms with Crippen LogP contribution in [-0.4, -0.2) is 235 Å². The summed E-state index contributed by atoms with van der Waals surface area (Å²) in [5.74, 6) is -5.70. The molecular weight excluding hydrogens is 1520 g/mol. The number of nitrogens with one attached hydrogen (secondary N) is 4. The molecule has 7 amide bonds. The second kappa shape index (κ2) is 43.2. The number of ketones is 4. The number of unbranched alkanes of at least 4 members (excludes halogenated alkanes) is 1. The SMILES string of the molecule is CCCC1O[C@@H]2C[C@H]3[C@@H]4CCC5=CC(=O)C=C[C@]5(C)[C@H]4CC[C@]3(C)[C@]2(C(=O)COC(=O)OCc2ccc(NC(=O)[C@H](CCCNC(N)=O)CC(=O)[C@@H](NC(=O)[C@@H](CCCCNC(=O)COC3CCCCCc4c3nnn4C3O[C@H](CO)[C@H](O)[C@H](O)[C@H]3C)CC(=O)CCOCCOCCOCCOCCN3C(=O)C=CC3=O)C(C)C)cc2)O1. The molecule has 9 N–H and O–H groups in total. The predicted molar refractivity (Wildman–Crippen MR) is 419 cm³/mol. The number of aromatic nitrogens is 3. The van der Waals surface area contributed by atoms with Crippen LogP contribution in [0.1, 0.15) is 193 Å². The summed E-state index contributed by atoms with van der Waals surface area (Å²) >= 11 is 0. The van der Waals surface area contributed by atoms with Crippen LogP contribution < -0.4 is 27.0 Å². The van der Waals surface area contributed by atoms with Gasteiger partial charge in [0.05, 0.1) is 90.0 Å². The van der Waals surface area contributed by atoms with Crippen molar-refractivity contribution in [1.82, 2.24) is 35.8 Å². The Balaban J connectivity index is 0.707. The number of rotatable bonds is 46. The molecule has 5 fully saturated rings. The molecule has 10 rings (SSSR count). The number of urea groups is 1. The Bertz CT molecular complexity index is 3850. The van der Waals surface area contributed by atoms with Crippen molar-refractivity contribution in [3.63, 3.8) is 0 Å². The van der Waals surface area contributed by atoms with E-state index in [9.17, 15) is 68.1 Å². The Morgan fingerprint density at radius 1 is 0.752 bits per heavy atom. The molecule has 646 valence electrons. The van der Waals surface area contributed by atoms with E-state index in [0.717, 1.165) is 49.8 Å². The molecule has 0 spiro atoms. The number of nitrogens with zero attached hydrogens (tertiary/aromatic N) is 4. The minimum Gasteiger partial charge on any atom is -0.429 e. The molecule has 0 radical (unpaired) electrons. The van der Waals surface area contributed by atoms with Gasteiger partial charge in [-0.1, -0.05) is 96.2 Å². The second-order valence-corrected chi connectivity index (χ2v) is 33.0. The average Bonchev–Trinajstić information content (AvgIpc) is 1.52. The molecule has 3 aliphatic heterocycles. The van der Waals surface area contributed by atoms with E-state index in [1.165, 1.54) is 17.7 Å². The number of amides is 7. The number of carbonyl (C=O) groups is 11. The van der Waals surface area contributed by atoms with Crippen molar-refractivity contribution >= 4 is 70.5 Å². The third kappa shape index (κ3) is 23.1. The summed E-state index contributed by atoms with van der Waals surface area (Å²) < 4.78 is 60.6. The number of nitrogens with two attached hydrogens (primary N) is 1.